The van der Waals surface area contributed by atoms with E-state index in [-0.39, 0.29) is 27.9 Å². The number of methoxy groups -OCH3 is 2. The van der Waals surface area contributed by atoms with E-state index < -0.39 is 0 Å². The van der Waals surface area contributed by atoms with Gasteiger partial charge in [0.2, 0.25) is 5.43 Å². The third kappa shape index (κ3) is 2.16. The minimum Gasteiger partial charge on any atom is -0.508 e. The third-order valence-corrected chi connectivity index (χ3v) is 3.44. The van der Waals surface area contributed by atoms with Crippen molar-refractivity contribution < 1.29 is 19.0 Å². The van der Waals surface area contributed by atoms with Gasteiger partial charge < -0.3 is 19.0 Å². The molecule has 0 amide bonds. The van der Waals surface area contributed by atoms with Gasteiger partial charge in [-0.15, -0.1) is 0 Å². The summed E-state index contributed by atoms with van der Waals surface area (Å²) in [4.78, 5) is 12.8. The van der Waals surface area contributed by atoms with Crippen LogP contribution < -0.4 is 14.9 Å². The Balaban J connectivity index is 2.36. The molecule has 0 spiro atoms. The number of aromatic hydroxyl groups is 1. The van der Waals surface area contributed by atoms with Crippen LogP contribution in [0.2, 0.25) is 0 Å². The molecule has 1 aromatic heterocycles. The van der Waals surface area contributed by atoms with Crippen molar-refractivity contribution in [2.45, 2.75) is 0 Å². The molecule has 0 saturated heterocycles. The molecule has 3 aromatic rings. The second kappa shape index (κ2) is 5.44. The molecule has 112 valence electrons. The number of rotatable bonds is 3. The monoisotopic (exact) mass is 298 g/mol. The Labute approximate surface area is 126 Å². The molecule has 1 heterocycles. The third-order valence-electron chi connectivity index (χ3n) is 3.44. The number of phenols is 1. The Morgan fingerprint density at radius 1 is 1.00 bits per heavy atom. The van der Waals surface area contributed by atoms with Crippen molar-refractivity contribution in [2.75, 3.05) is 14.2 Å². The van der Waals surface area contributed by atoms with Crippen LogP contribution in [0.25, 0.3) is 22.1 Å². The molecule has 0 atom stereocenters. The Morgan fingerprint density at radius 2 is 1.73 bits per heavy atom. The Bertz CT molecular complexity index is 895. The molecule has 5 heteroatoms. The summed E-state index contributed by atoms with van der Waals surface area (Å²) in [5, 5.41) is 9.92. The lowest BCUT2D eigenvalue weighted by Gasteiger charge is -2.10. The molecule has 0 aliphatic carbocycles. The van der Waals surface area contributed by atoms with E-state index in [1.54, 1.807) is 19.2 Å². The Kier molecular flexibility index (Phi) is 3.47. The van der Waals surface area contributed by atoms with Gasteiger partial charge in [0.25, 0.3) is 0 Å². The first kappa shape index (κ1) is 14.0. The average Bonchev–Trinajstić information content (AvgIpc) is 2.54. The zero-order valence-corrected chi connectivity index (χ0v) is 12.1. The van der Waals surface area contributed by atoms with Gasteiger partial charge in [-0.05, 0) is 6.07 Å². The molecular weight excluding hydrogens is 284 g/mol. The van der Waals surface area contributed by atoms with Crippen molar-refractivity contribution in [3.05, 3.63) is 52.9 Å². The summed E-state index contributed by atoms with van der Waals surface area (Å²) in [6, 6.07) is 9.95. The maximum atomic E-state index is 12.8. The first-order valence-electron chi connectivity index (χ1n) is 6.61. The van der Waals surface area contributed by atoms with Gasteiger partial charge in [-0.25, -0.2) is 0 Å². The predicted octanol–water partition coefficient (Wildman–Crippen LogP) is 3.18. The molecule has 0 bridgehead atoms. The molecule has 2 aromatic carbocycles. The molecule has 0 saturated carbocycles. The molecular formula is C17H14O5. The van der Waals surface area contributed by atoms with Crippen molar-refractivity contribution in [1.82, 2.24) is 0 Å². The van der Waals surface area contributed by atoms with E-state index in [0.717, 1.165) is 0 Å². The first-order chi connectivity index (χ1) is 10.7. The van der Waals surface area contributed by atoms with Crippen LogP contribution in [0.3, 0.4) is 0 Å². The van der Waals surface area contributed by atoms with E-state index in [9.17, 15) is 9.90 Å². The molecule has 0 fully saturated rings. The summed E-state index contributed by atoms with van der Waals surface area (Å²) in [5.41, 5.74) is 1.02. The summed E-state index contributed by atoms with van der Waals surface area (Å²) < 4.78 is 16.0. The van der Waals surface area contributed by atoms with E-state index in [1.165, 1.54) is 25.5 Å². The fourth-order valence-electron chi connectivity index (χ4n) is 2.42. The molecule has 22 heavy (non-hydrogen) atoms. The summed E-state index contributed by atoms with van der Waals surface area (Å²) in [6.45, 7) is 0. The summed E-state index contributed by atoms with van der Waals surface area (Å²) in [7, 11) is 2.98. The van der Waals surface area contributed by atoms with Crippen molar-refractivity contribution in [2.24, 2.45) is 0 Å². The smallest absolute Gasteiger partial charge is 0.204 e. The van der Waals surface area contributed by atoms with E-state index in [1.807, 2.05) is 12.1 Å². The Hall–Kier alpha value is -2.95. The van der Waals surface area contributed by atoms with Crippen LogP contribution in [0.15, 0.2) is 51.9 Å². The van der Waals surface area contributed by atoms with Gasteiger partial charge in [-0.3, -0.25) is 4.79 Å². The van der Waals surface area contributed by atoms with Gasteiger partial charge in [-0.2, -0.15) is 0 Å². The minimum absolute atomic E-state index is 0.0301. The zero-order chi connectivity index (χ0) is 15.7. The van der Waals surface area contributed by atoms with Gasteiger partial charge in [0, 0.05) is 17.7 Å². The van der Waals surface area contributed by atoms with Gasteiger partial charge in [0.1, 0.15) is 34.5 Å². The number of fused-ring (bicyclic) bond motifs is 1. The molecule has 1 N–H and O–H groups in total. The first-order valence-corrected chi connectivity index (χ1v) is 6.61. The highest BCUT2D eigenvalue weighted by molar-refractivity contribution is 5.89. The number of benzene rings is 2. The van der Waals surface area contributed by atoms with E-state index in [0.29, 0.717) is 16.9 Å². The van der Waals surface area contributed by atoms with Gasteiger partial charge in [0.05, 0.1) is 19.8 Å². The van der Waals surface area contributed by atoms with Crippen molar-refractivity contribution in [3.8, 4) is 28.4 Å². The van der Waals surface area contributed by atoms with Crippen LogP contribution >= 0.6 is 0 Å². The van der Waals surface area contributed by atoms with Crippen molar-refractivity contribution >= 4 is 11.0 Å². The standard InChI is InChI=1S/C17H14O5/c1-20-13-6-4-3-5-11(13)12-9-22-15-8-10(18)7-14(21-2)16(15)17(12)19/h3-9,18H,1-2H3. The number of phenolic OH excluding ortho intramolecular Hbond substituents is 1. The SMILES string of the molecule is COc1ccccc1-c1coc2cc(O)cc(OC)c2c1=O. The molecule has 0 aliphatic heterocycles. The van der Waals surface area contributed by atoms with Crippen LogP contribution in [-0.4, -0.2) is 19.3 Å². The van der Waals surface area contributed by atoms with Crippen LogP contribution in [-0.2, 0) is 0 Å². The summed E-state index contributed by atoms with van der Waals surface area (Å²) in [6.07, 6.45) is 1.36. The van der Waals surface area contributed by atoms with Crippen LogP contribution in [0.1, 0.15) is 0 Å². The lowest BCUT2D eigenvalue weighted by molar-refractivity contribution is 0.411. The van der Waals surface area contributed by atoms with Gasteiger partial charge >= 0.3 is 0 Å². The van der Waals surface area contributed by atoms with Crippen molar-refractivity contribution in [3.63, 3.8) is 0 Å². The highest BCUT2D eigenvalue weighted by Gasteiger charge is 2.16. The number of ether oxygens (including phenoxy) is 2. The highest BCUT2D eigenvalue weighted by Crippen LogP contribution is 2.32. The van der Waals surface area contributed by atoms with E-state index in [2.05, 4.69) is 0 Å². The van der Waals surface area contributed by atoms with Crippen LogP contribution in [0.4, 0.5) is 0 Å². The molecule has 0 aliphatic rings. The minimum atomic E-state index is -0.248. The second-order valence-electron chi connectivity index (χ2n) is 4.70. The van der Waals surface area contributed by atoms with Crippen LogP contribution in [0, 0.1) is 0 Å². The zero-order valence-electron chi connectivity index (χ0n) is 12.1. The molecule has 0 unspecified atom stereocenters. The lowest BCUT2D eigenvalue weighted by atomic mass is 10.0. The maximum Gasteiger partial charge on any atom is 0.204 e. The number of hydrogen-bond donors (Lipinski definition) is 1. The van der Waals surface area contributed by atoms with Gasteiger partial charge in [0.15, 0.2) is 0 Å². The topological polar surface area (TPSA) is 68.9 Å². The van der Waals surface area contributed by atoms with Crippen LogP contribution in [0.5, 0.6) is 17.2 Å². The predicted molar refractivity (Wildman–Crippen MR) is 82.7 cm³/mol. The maximum absolute atomic E-state index is 12.8. The van der Waals surface area contributed by atoms with Crippen molar-refractivity contribution in [1.29, 1.82) is 0 Å². The summed E-state index contributed by atoms with van der Waals surface area (Å²) >= 11 is 0. The summed E-state index contributed by atoms with van der Waals surface area (Å²) in [5.74, 6) is 0.810. The fourth-order valence-corrected chi connectivity index (χ4v) is 2.42. The molecule has 3 rings (SSSR count). The number of para-hydroxylation sites is 1. The Morgan fingerprint density at radius 3 is 2.45 bits per heavy atom. The van der Waals surface area contributed by atoms with E-state index >= 15 is 0 Å². The number of hydrogen-bond acceptors (Lipinski definition) is 5. The average molecular weight is 298 g/mol. The second-order valence-corrected chi connectivity index (χ2v) is 4.70. The lowest BCUT2D eigenvalue weighted by Crippen LogP contribution is -2.07. The fraction of sp³-hybridized carbons (Fsp3) is 0.118. The quantitative estimate of drug-likeness (QED) is 0.804. The largest absolute Gasteiger partial charge is 0.508 e. The normalized spacial score (nSPS) is 10.6. The highest BCUT2D eigenvalue weighted by atomic mass is 16.5. The van der Waals surface area contributed by atoms with E-state index in [4.69, 9.17) is 13.9 Å². The molecule has 5 nitrogen and oxygen atoms in total. The molecule has 0 radical (unpaired) electrons. The van der Waals surface area contributed by atoms with Gasteiger partial charge in [-0.1, -0.05) is 18.2 Å².